The van der Waals surface area contributed by atoms with Gasteiger partial charge in [0.15, 0.2) is 0 Å². The number of hydrogen-bond donors (Lipinski definition) is 1. The van der Waals surface area contributed by atoms with E-state index in [9.17, 15) is 4.79 Å². The molecule has 3 aliphatic rings. The molecule has 0 spiro atoms. The largest absolute Gasteiger partial charge is 0.481 e. The topological polar surface area (TPSA) is 37.3 Å². The molecule has 3 heterocycles. The maximum Gasteiger partial charge on any atom is 0.306 e. The van der Waals surface area contributed by atoms with E-state index >= 15 is 0 Å². The van der Waals surface area contributed by atoms with Gasteiger partial charge in [-0.25, -0.2) is 0 Å². The summed E-state index contributed by atoms with van der Waals surface area (Å²) < 4.78 is 0. The van der Waals surface area contributed by atoms with Crippen LogP contribution in [-0.2, 0) is 4.79 Å². The summed E-state index contributed by atoms with van der Waals surface area (Å²) in [6, 6.07) is 0. The van der Waals surface area contributed by atoms with E-state index in [2.05, 4.69) is 0 Å². The third-order valence-electron chi connectivity index (χ3n) is 3.36. The van der Waals surface area contributed by atoms with Gasteiger partial charge in [-0.3, -0.25) is 4.79 Å². The molecule has 0 aromatic carbocycles. The smallest absolute Gasteiger partial charge is 0.306 e. The van der Waals surface area contributed by atoms with E-state index in [0.717, 1.165) is 13.0 Å². The molecule has 0 saturated carbocycles. The summed E-state index contributed by atoms with van der Waals surface area (Å²) in [5.41, 5.74) is 0. The summed E-state index contributed by atoms with van der Waals surface area (Å²) in [5.74, 6) is -0.0422. The lowest BCUT2D eigenvalue weighted by molar-refractivity contribution is -0.143. The Kier molecular flexibility index (Phi) is 1.66. The first kappa shape index (κ1) is 7.20. The Bertz CT molecular complexity index is 173. The molecule has 11 heavy (non-hydrogen) atoms. The number of carbonyl (C=O) groups is 1. The van der Waals surface area contributed by atoms with Crippen molar-refractivity contribution in [2.75, 3.05) is 0 Å². The first-order valence-corrected chi connectivity index (χ1v) is 4.50. The Morgan fingerprint density at radius 2 is 2.00 bits per heavy atom. The Morgan fingerprint density at radius 1 is 1.36 bits per heavy atom. The second-order valence-corrected chi connectivity index (χ2v) is 3.96. The van der Waals surface area contributed by atoms with E-state index in [1.165, 1.54) is 25.5 Å². The van der Waals surface area contributed by atoms with Crippen molar-refractivity contribution in [2.24, 2.45) is 11.8 Å². The van der Waals surface area contributed by atoms with Gasteiger partial charge in [0.05, 0.1) is 5.92 Å². The highest BCUT2D eigenvalue weighted by Crippen LogP contribution is 2.41. The number of aliphatic carboxylic acids is 1. The van der Waals surface area contributed by atoms with Crippen LogP contribution in [0.25, 0.3) is 0 Å². The second-order valence-electron chi connectivity index (χ2n) is 3.96. The predicted molar refractivity (Wildman–Crippen MR) is 44.0 cm³/mol. The normalized spacial score (nSPS) is 35.8. The number of carboxylic acid groups (broad SMARTS) is 1. The standard InChI is InChI=1S/C8H13BO2/c10-8(11)7-5-9-3-1-6(7)2-4-9/h6-7H,1-5H2,(H,10,11). The molecular formula is C8H13BO2. The summed E-state index contributed by atoms with van der Waals surface area (Å²) in [7, 11) is 0. The first-order valence-electron chi connectivity index (χ1n) is 4.50. The summed E-state index contributed by atoms with van der Waals surface area (Å²) in [6.07, 6.45) is 5.87. The molecule has 3 heteroatoms. The Morgan fingerprint density at radius 3 is 2.27 bits per heavy atom. The minimum absolute atomic E-state index is 0.00231. The van der Waals surface area contributed by atoms with Crippen molar-refractivity contribution in [3.63, 3.8) is 0 Å². The molecule has 3 rings (SSSR count). The van der Waals surface area contributed by atoms with Crippen molar-refractivity contribution >= 4 is 12.7 Å². The van der Waals surface area contributed by atoms with Gasteiger partial charge < -0.3 is 5.11 Å². The fourth-order valence-corrected chi connectivity index (χ4v) is 2.68. The lowest BCUT2D eigenvalue weighted by Crippen LogP contribution is -2.39. The van der Waals surface area contributed by atoms with Gasteiger partial charge in [-0.1, -0.05) is 31.8 Å². The van der Waals surface area contributed by atoms with E-state index in [0.29, 0.717) is 5.92 Å². The molecule has 0 amide bonds. The van der Waals surface area contributed by atoms with Crippen LogP contribution in [0, 0.1) is 11.8 Å². The number of hydrogen-bond acceptors (Lipinski definition) is 1. The molecule has 2 bridgehead atoms. The number of fused-ring (bicyclic) bond motifs is 3. The van der Waals surface area contributed by atoms with E-state index < -0.39 is 5.97 Å². The summed E-state index contributed by atoms with van der Waals surface area (Å²) in [4.78, 5) is 10.7. The van der Waals surface area contributed by atoms with E-state index in [1.807, 2.05) is 0 Å². The van der Waals surface area contributed by atoms with Crippen LogP contribution < -0.4 is 0 Å². The molecule has 1 atom stereocenters. The van der Waals surface area contributed by atoms with Gasteiger partial charge in [0.2, 0.25) is 0 Å². The number of rotatable bonds is 1. The zero-order valence-corrected chi connectivity index (χ0v) is 6.62. The molecule has 3 aliphatic heterocycles. The molecule has 3 saturated heterocycles. The molecule has 0 aromatic rings. The van der Waals surface area contributed by atoms with Crippen molar-refractivity contribution in [1.29, 1.82) is 0 Å². The fraction of sp³-hybridized carbons (Fsp3) is 0.875. The highest BCUT2D eigenvalue weighted by molar-refractivity contribution is 6.59. The summed E-state index contributed by atoms with van der Waals surface area (Å²) >= 11 is 0. The van der Waals surface area contributed by atoms with Crippen LogP contribution in [0.4, 0.5) is 0 Å². The minimum Gasteiger partial charge on any atom is -0.481 e. The van der Waals surface area contributed by atoms with Crippen molar-refractivity contribution in [3.8, 4) is 0 Å². The monoisotopic (exact) mass is 152 g/mol. The third kappa shape index (κ3) is 1.17. The van der Waals surface area contributed by atoms with Crippen LogP contribution in [0.1, 0.15) is 12.8 Å². The van der Waals surface area contributed by atoms with Crippen LogP contribution in [0.3, 0.4) is 0 Å². The van der Waals surface area contributed by atoms with E-state index in [4.69, 9.17) is 5.11 Å². The fourth-order valence-electron chi connectivity index (χ4n) is 2.68. The lowest BCUT2D eigenvalue weighted by Gasteiger charge is -2.38. The van der Waals surface area contributed by atoms with Crippen molar-refractivity contribution in [3.05, 3.63) is 0 Å². The zero-order chi connectivity index (χ0) is 7.84. The molecule has 2 nitrogen and oxygen atoms in total. The molecule has 0 aliphatic carbocycles. The Hall–Kier alpha value is -0.465. The van der Waals surface area contributed by atoms with E-state index in [1.54, 1.807) is 0 Å². The molecule has 3 fully saturated rings. The van der Waals surface area contributed by atoms with Gasteiger partial charge in [0.1, 0.15) is 6.71 Å². The third-order valence-corrected chi connectivity index (χ3v) is 3.36. The SMILES string of the molecule is O=C(O)C1CB2CCC1CC2. The van der Waals surface area contributed by atoms with Gasteiger partial charge in [-0.2, -0.15) is 0 Å². The first-order chi connectivity index (χ1) is 5.27. The predicted octanol–water partition coefficient (Wildman–Crippen LogP) is 1.61. The Labute approximate surface area is 67.1 Å². The maximum absolute atomic E-state index is 10.7. The molecule has 0 radical (unpaired) electrons. The highest BCUT2D eigenvalue weighted by Gasteiger charge is 2.40. The second kappa shape index (κ2) is 2.54. The van der Waals surface area contributed by atoms with Gasteiger partial charge in [-0.15, -0.1) is 0 Å². The average Bonchev–Trinajstić information content (AvgIpc) is 2.06. The quantitative estimate of drug-likeness (QED) is 0.579. The van der Waals surface area contributed by atoms with Crippen molar-refractivity contribution in [1.82, 2.24) is 0 Å². The molecular weight excluding hydrogens is 139 g/mol. The highest BCUT2D eigenvalue weighted by atomic mass is 16.4. The molecule has 60 valence electrons. The van der Waals surface area contributed by atoms with E-state index in [-0.39, 0.29) is 5.92 Å². The Balaban J connectivity index is 2.08. The summed E-state index contributed by atoms with van der Waals surface area (Å²) in [5, 5.41) is 8.86. The van der Waals surface area contributed by atoms with Crippen molar-refractivity contribution in [2.45, 2.75) is 31.8 Å². The van der Waals surface area contributed by atoms with Crippen molar-refractivity contribution < 1.29 is 9.90 Å². The van der Waals surface area contributed by atoms with Gasteiger partial charge in [0.25, 0.3) is 0 Å². The molecule has 0 aromatic heterocycles. The zero-order valence-electron chi connectivity index (χ0n) is 6.62. The van der Waals surface area contributed by atoms with Crippen LogP contribution in [0.2, 0.25) is 19.0 Å². The van der Waals surface area contributed by atoms with Gasteiger partial charge in [-0.05, 0) is 5.92 Å². The summed E-state index contributed by atoms with van der Waals surface area (Å²) in [6.45, 7) is 0.737. The van der Waals surface area contributed by atoms with Crippen LogP contribution in [-0.4, -0.2) is 17.8 Å². The van der Waals surface area contributed by atoms with Gasteiger partial charge >= 0.3 is 5.97 Å². The average molecular weight is 152 g/mol. The molecule has 1 unspecified atom stereocenters. The van der Waals surface area contributed by atoms with Crippen LogP contribution in [0.15, 0.2) is 0 Å². The molecule has 1 N–H and O–H groups in total. The van der Waals surface area contributed by atoms with Crippen LogP contribution >= 0.6 is 0 Å². The van der Waals surface area contributed by atoms with Crippen LogP contribution in [0.5, 0.6) is 0 Å². The van der Waals surface area contributed by atoms with Gasteiger partial charge in [0, 0.05) is 0 Å². The minimum atomic E-state index is -0.556. The number of carboxylic acids is 1. The lowest BCUT2D eigenvalue weighted by atomic mass is 9.31. The maximum atomic E-state index is 10.7.